The summed E-state index contributed by atoms with van der Waals surface area (Å²) < 4.78 is 18.8. The van der Waals surface area contributed by atoms with Crippen LogP contribution < -0.4 is 16.4 Å². The topological polar surface area (TPSA) is 88.7 Å². The van der Waals surface area contributed by atoms with Crippen molar-refractivity contribution in [2.45, 2.75) is 46.6 Å². The summed E-state index contributed by atoms with van der Waals surface area (Å²) in [5.74, 6) is -0.0845. The first kappa shape index (κ1) is 23.9. The number of nitrogens with two attached hydrogens (primary N) is 1. The lowest BCUT2D eigenvalue weighted by Crippen LogP contribution is -2.40. The maximum atomic E-state index is 13.1. The van der Waals surface area contributed by atoms with Gasteiger partial charge in [0, 0.05) is 19.7 Å². The number of guanidine groups is 1. The quantitative estimate of drug-likeness (QED) is 0.375. The lowest BCUT2D eigenvalue weighted by Gasteiger charge is -2.21. The second-order valence-corrected chi connectivity index (χ2v) is 7.10. The molecule has 2 atom stereocenters. The molecule has 1 rings (SSSR count). The van der Waals surface area contributed by atoms with E-state index in [1.54, 1.807) is 12.1 Å². The Hall–Kier alpha value is -2.15. The Kier molecular flexibility index (Phi) is 11.2. The van der Waals surface area contributed by atoms with E-state index in [1.165, 1.54) is 12.1 Å². The van der Waals surface area contributed by atoms with Crippen molar-refractivity contribution < 1.29 is 13.9 Å². The first-order valence-corrected chi connectivity index (χ1v) is 10.0. The molecule has 0 saturated heterocycles. The van der Waals surface area contributed by atoms with Crippen molar-refractivity contribution in [2.24, 2.45) is 22.6 Å². The molecule has 0 aliphatic heterocycles. The van der Waals surface area contributed by atoms with E-state index in [2.05, 4.69) is 29.5 Å². The minimum absolute atomic E-state index is 0.192. The van der Waals surface area contributed by atoms with Crippen LogP contribution in [0.5, 0.6) is 0 Å². The van der Waals surface area contributed by atoms with Crippen molar-refractivity contribution in [1.82, 2.24) is 10.6 Å². The highest BCUT2D eigenvalue weighted by molar-refractivity contribution is 5.81. The first-order chi connectivity index (χ1) is 13.4. The molecule has 0 radical (unpaired) electrons. The fourth-order valence-electron chi connectivity index (χ4n) is 2.86. The summed E-state index contributed by atoms with van der Waals surface area (Å²) in [5, 5.41) is 6.47. The summed E-state index contributed by atoms with van der Waals surface area (Å²) in [6.45, 7) is 10.7. The Morgan fingerprint density at radius 1 is 1.21 bits per heavy atom. The Labute approximate surface area is 168 Å². The molecule has 2 unspecified atom stereocenters. The van der Waals surface area contributed by atoms with Gasteiger partial charge in [-0.25, -0.2) is 4.39 Å². The second kappa shape index (κ2) is 13.1. The molecule has 4 N–H and O–H groups in total. The summed E-state index contributed by atoms with van der Waals surface area (Å²) in [7, 11) is 0. The van der Waals surface area contributed by atoms with Crippen molar-refractivity contribution in [3.63, 3.8) is 0 Å². The number of rotatable bonds is 12. The highest BCUT2D eigenvalue weighted by atomic mass is 19.1. The highest BCUT2D eigenvalue weighted by Crippen LogP contribution is 2.11. The van der Waals surface area contributed by atoms with Crippen molar-refractivity contribution >= 4 is 11.9 Å². The van der Waals surface area contributed by atoms with Crippen LogP contribution in [0.3, 0.4) is 0 Å². The standard InChI is InChI=1S/C21H35FN4O2/c1-5-24-21(25-12-11-19(15(3)4)28-6-2)26-14-17(20(23)27)13-16-7-9-18(22)10-8-16/h7-10,15,17,19H,5-6,11-14H2,1-4H3,(H2,23,27)(H2,24,25,26). The molecule has 1 amide bonds. The number of nitrogens with zero attached hydrogens (tertiary/aromatic N) is 1. The van der Waals surface area contributed by atoms with Gasteiger partial charge in [-0.15, -0.1) is 0 Å². The number of halogens is 1. The molecule has 0 saturated carbocycles. The molecule has 158 valence electrons. The maximum Gasteiger partial charge on any atom is 0.222 e. The van der Waals surface area contributed by atoms with Crippen LogP contribution in [-0.4, -0.2) is 44.2 Å². The summed E-state index contributed by atoms with van der Waals surface area (Å²) in [6.07, 6.45) is 1.49. The van der Waals surface area contributed by atoms with Crippen molar-refractivity contribution in [2.75, 3.05) is 26.2 Å². The van der Waals surface area contributed by atoms with E-state index < -0.39 is 11.8 Å². The Balaban J connectivity index is 2.65. The molecule has 0 spiro atoms. The van der Waals surface area contributed by atoms with E-state index in [9.17, 15) is 9.18 Å². The zero-order chi connectivity index (χ0) is 20.9. The fraction of sp³-hybridized carbons (Fsp3) is 0.619. The molecule has 0 aromatic heterocycles. The van der Waals surface area contributed by atoms with Crippen LogP contribution in [0.15, 0.2) is 29.3 Å². The maximum absolute atomic E-state index is 13.1. The van der Waals surface area contributed by atoms with Gasteiger partial charge in [0.25, 0.3) is 0 Å². The number of carbonyl (C=O) groups is 1. The fourth-order valence-corrected chi connectivity index (χ4v) is 2.86. The van der Waals surface area contributed by atoms with Gasteiger partial charge in [-0.2, -0.15) is 0 Å². The SMILES string of the molecule is CCNC(=NCC(Cc1ccc(F)cc1)C(N)=O)NCCC(OCC)C(C)C. The van der Waals surface area contributed by atoms with Gasteiger partial charge in [-0.1, -0.05) is 26.0 Å². The molecule has 0 aliphatic carbocycles. The molecule has 28 heavy (non-hydrogen) atoms. The number of hydrogen-bond acceptors (Lipinski definition) is 3. The number of hydrogen-bond donors (Lipinski definition) is 3. The van der Waals surface area contributed by atoms with Gasteiger partial charge >= 0.3 is 0 Å². The minimum Gasteiger partial charge on any atom is -0.378 e. The van der Waals surface area contributed by atoms with Crippen LogP contribution in [-0.2, 0) is 16.0 Å². The molecule has 0 fully saturated rings. The van der Waals surface area contributed by atoms with Crippen LogP contribution in [0, 0.1) is 17.7 Å². The first-order valence-electron chi connectivity index (χ1n) is 10.0. The van der Waals surface area contributed by atoms with Gasteiger partial charge in [-0.3, -0.25) is 9.79 Å². The van der Waals surface area contributed by atoms with Crippen molar-refractivity contribution in [3.8, 4) is 0 Å². The van der Waals surface area contributed by atoms with Gasteiger partial charge < -0.3 is 21.1 Å². The lowest BCUT2D eigenvalue weighted by molar-refractivity contribution is -0.121. The smallest absolute Gasteiger partial charge is 0.222 e. The third kappa shape index (κ3) is 9.17. The zero-order valence-corrected chi connectivity index (χ0v) is 17.5. The molecule has 0 bridgehead atoms. The van der Waals surface area contributed by atoms with E-state index in [4.69, 9.17) is 10.5 Å². The third-order valence-corrected chi connectivity index (χ3v) is 4.46. The lowest BCUT2D eigenvalue weighted by atomic mass is 9.99. The minimum atomic E-state index is -0.451. The molecule has 0 heterocycles. The van der Waals surface area contributed by atoms with Gasteiger partial charge in [0.15, 0.2) is 5.96 Å². The summed E-state index contributed by atoms with van der Waals surface area (Å²) in [4.78, 5) is 16.3. The van der Waals surface area contributed by atoms with Gasteiger partial charge in [0.05, 0.1) is 18.6 Å². The number of carbonyl (C=O) groups excluding carboxylic acids is 1. The number of ether oxygens (including phenoxy) is 1. The average molecular weight is 395 g/mol. The molecule has 6 nitrogen and oxygen atoms in total. The van der Waals surface area contributed by atoms with E-state index >= 15 is 0 Å². The van der Waals surface area contributed by atoms with Crippen LogP contribution in [0.25, 0.3) is 0 Å². The number of amides is 1. The van der Waals surface area contributed by atoms with E-state index in [0.717, 1.165) is 12.0 Å². The number of primary amides is 1. The predicted octanol–water partition coefficient (Wildman–Crippen LogP) is 2.48. The molecule has 7 heteroatoms. The predicted molar refractivity (Wildman–Crippen MR) is 112 cm³/mol. The Bertz CT molecular complexity index is 605. The summed E-state index contributed by atoms with van der Waals surface area (Å²) >= 11 is 0. The molecule has 0 aliphatic rings. The Morgan fingerprint density at radius 3 is 2.43 bits per heavy atom. The largest absolute Gasteiger partial charge is 0.378 e. The number of benzene rings is 1. The highest BCUT2D eigenvalue weighted by Gasteiger charge is 2.17. The normalized spacial score (nSPS) is 14.0. The third-order valence-electron chi connectivity index (χ3n) is 4.46. The summed E-state index contributed by atoms with van der Waals surface area (Å²) in [6, 6.07) is 6.09. The molecular formula is C21H35FN4O2. The van der Waals surface area contributed by atoms with Crippen LogP contribution in [0.1, 0.15) is 39.7 Å². The monoisotopic (exact) mass is 394 g/mol. The van der Waals surface area contributed by atoms with Crippen LogP contribution in [0.4, 0.5) is 4.39 Å². The molecular weight excluding hydrogens is 359 g/mol. The number of nitrogens with one attached hydrogen (secondary N) is 2. The molecule has 1 aromatic rings. The van der Waals surface area contributed by atoms with Gasteiger partial charge in [-0.05, 0) is 50.3 Å². The van der Waals surface area contributed by atoms with Crippen molar-refractivity contribution in [1.29, 1.82) is 0 Å². The van der Waals surface area contributed by atoms with Gasteiger partial charge in [0.2, 0.25) is 5.91 Å². The van der Waals surface area contributed by atoms with Crippen LogP contribution >= 0.6 is 0 Å². The van der Waals surface area contributed by atoms with E-state index in [0.29, 0.717) is 38.0 Å². The van der Waals surface area contributed by atoms with Crippen LogP contribution in [0.2, 0.25) is 0 Å². The van der Waals surface area contributed by atoms with Crippen molar-refractivity contribution in [3.05, 3.63) is 35.6 Å². The van der Waals surface area contributed by atoms with Gasteiger partial charge in [0.1, 0.15) is 5.82 Å². The Morgan fingerprint density at radius 2 is 1.89 bits per heavy atom. The average Bonchev–Trinajstić information content (AvgIpc) is 2.65. The zero-order valence-electron chi connectivity index (χ0n) is 17.5. The molecule has 1 aromatic carbocycles. The summed E-state index contributed by atoms with van der Waals surface area (Å²) in [5.41, 5.74) is 6.40. The van der Waals surface area contributed by atoms with E-state index in [-0.39, 0.29) is 18.5 Å². The van der Waals surface area contributed by atoms with E-state index in [1.807, 2.05) is 13.8 Å². The number of aliphatic imine (C=N–C) groups is 1. The second-order valence-electron chi connectivity index (χ2n) is 7.10.